The SMILES string of the molecule is Cn1c(/C=C/C(=O)O)nc2cccc(C(C)(C)C)c21. The number of para-hydroxylation sites is 1. The van der Waals surface area contributed by atoms with Crippen molar-refractivity contribution in [1.82, 2.24) is 9.55 Å². The summed E-state index contributed by atoms with van der Waals surface area (Å²) in [5.74, 6) is -0.322. The van der Waals surface area contributed by atoms with E-state index in [0.717, 1.165) is 17.1 Å². The topological polar surface area (TPSA) is 55.1 Å². The molecule has 4 heteroatoms. The molecule has 0 amide bonds. The predicted octanol–water partition coefficient (Wildman–Crippen LogP) is 2.97. The van der Waals surface area contributed by atoms with Gasteiger partial charge in [0.2, 0.25) is 0 Å². The number of aryl methyl sites for hydroxylation is 1. The maximum absolute atomic E-state index is 10.6. The Labute approximate surface area is 112 Å². The van der Waals surface area contributed by atoms with Crippen molar-refractivity contribution in [1.29, 1.82) is 0 Å². The Morgan fingerprint density at radius 2 is 2.05 bits per heavy atom. The molecule has 2 rings (SSSR count). The lowest BCUT2D eigenvalue weighted by molar-refractivity contribution is -0.131. The summed E-state index contributed by atoms with van der Waals surface area (Å²) in [5.41, 5.74) is 3.16. The highest BCUT2D eigenvalue weighted by Crippen LogP contribution is 2.30. The van der Waals surface area contributed by atoms with Crippen LogP contribution in [0.1, 0.15) is 32.2 Å². The van der Waals surface area contributed by atoms with E-state index in [4.69, 9.17) is 5.11 Å². The van der Waals surface area contributed by atoms with Gasteiger partial charge in [0, 0.05) is 13.1 Å². The van der Waals surface area contributed by atoms with Gasteiger partial charge in [0.1, 0.15) is 5.82 Å². The van der Waals surface area contributed by atoms with Crippen molar-refractivity contribution in [3.8, 4) is 0 Å². The zero-order chi connectivity index (χ0) is 14.2. The highest BCUT2D eigenvalue weighted by Gasteiger charge is 2.19. The molecule has 1 aromatic heterocycles. The number of hydrogen-bond donors (Lipinski definition) is 1. The summed E-state index contributed by atoms with van der Waals surface area (Å²) in [5, 5.41) is 8.70. The van der Waals surface area contributed by atoms with Gasteiger partial charge in [-0.25, -0.2) is 9.78 Å². The van der Waals surface area contributed by atoms with Crippen LogP contribution in [0.3, 0.4) is 0 Å². The number of carbonyl (C=O) groups is 1. The van der Waals surface area contributed by atoms with E-state index in [9.17, 15) is 4.79 Å². The predicted molar refractivity (Wildman–Crippen MR) is 76.1 cm³/mol. The van der Waals surface area contributed by atoms with Crippen LogP contribution in [0.4, 0.5) is 0 Å². The van der Waals surface area contributed by atoms with Crippen LogP contribution in [0.25, 0.3) is 17.1 Å². The summed E-state index contributed by atoms with van der Waals surface area (Å²) < 4.78 is 1.94. The van der Waals surface area contributed by atoms with Crippen LogP contribution in [0.2, 0.25) is 0 Å². The van der Waals surface area contributed by atoms with Crippen LogP contribution in [-0.4, -0.2) is 20.6 Å². The van der Waals surface area contributed by atoms with Gasteiger partial charge in [-0.15, -0.1) is 0 Å². The number of aromatic nitrogens is 2. The molecule has 0 fully saturated rings. The first kappa shape index (κ1) is 13.3. The van der Waals surface area contributed by atoms with Gasteiger partial charge < -0.3 is 9.67 Å². The maximum Gasteiger partial charge on any atom is 0.328 e. The van der Waals surface area contributed by atoms with Crippen LogP contribution in [-0.2, 0) is 17.3 Å². The first-order valence-corrected chi connectivity index (χ1v) is 6.17. The van der Waals surface area contributed by atoms with Gasteiger partial charge in [0.15, 0.2) is 0 Å². The maximum atomic E-state index is 10.6. The molecule has 0 aliphatic rings. The Kier molecular flexibility index (Phi) is 3.18. The fourth-order valence-corrected chi connectivity index (χ4v) is 2.19. The number of carboxylic acid groups (broad SMARTS) is 1. The monoisotopic (exact) mass is 258 g/mol. The Hall–Kier alpha value is -2.10. The van der Waals surface area contributed by atoms with Crippen molar-refractivity contribution in [3.05, 3.63) is 35.7 Å². The number of carboxylic acids is 1. The van der Waals surface area contributed by atoms with E-state index >= 15 is 0 Å². The van der Waals surface area contributed by atoms with Crippen molar-refractivity contribution in [2.75, 3.05) is 0 Å². The highest BCUT2D eigenvalue weighted by atomic mass is 16.4. The van der Waals surface area contributed by atoms with Crippen molar-refractivity contribution < 1.29 is 9.90 Å². The Bertz CT molecular complexity index is 661. The van der Waals surface area contributed by atoms with E-state index < -0.39 is 5.97 Å². The summed E-state index contributed by atoms with van der Waals surface area (Å²) in [6.45, 7) is 6.46. The molecule has 1 heterocycles. The zero-order valence-electron chi connectivity index (χ0n) is 11.6. The van der Waals surface area contributed by atoms with Gasteiger partial charge in [-0.3, -0.25) is 0 Å². The standard InChI is InChI=1S/C15H18N2O2/c1-15(2,3)10-6-5-7-11-14(10)17(4)12(16-11)8-9-13(18)19/h5-9H,1-4H3,(H,18,19)/b9-8+. The van der Waals surface area contributed by atoms with E-state index in [-0.39, 0.29) is 5.41 Å². The normalized spacial score (nSPS) is 12.4. The third-order valence-electron chi connectivity index (χ3n) is 3.11. The minimum Gasteiger partial charge on any atom is -0.478 e. The molecule has 1 aromatic carbocycles. The number of rotatable bonds is 2. The van der Waals surface area contributed by atoms with Gasteiger partial charge in [-0.05, 0) is 23.1 Å². The van der Waals surface area contributed by atoms with Gasteiger partial charge in [-0.2, -0.15) is 0 Å². The molecule has 0 aliphatic carbocycles. The molecule has 0 radical (unpaired) electrons. The quantitative estimate of drug-likeness (QED) is 0.842. The summed E-state index contributed by atoms with van der Waals surface area (Å²) >= 11 is 0. The van der Waals surface area contributed by atoms with Crippen LogP contribution in [0, 0.1) is 0 Å². The Balaban J connectivity index is 2.68. The minimum atomic E-state index is -0.969. The molecule has 0 unspecified atom stereocenters. The third kappa shape index (κ3) is 2.52. The molecule has 0 aliphatic heterocycles. The molecular formula is C15H18N2O2. The molecule has 0 spiro atoms. The molecule has 0 saturated heterocycles. The third-order valence-corrected chi connectivity index (χ3v) is 3.11. The average Bonchev–Trinajstić information content (AvgIpc) is 2.62. The van der Waals surface area contributed by atoms with E-state index in [0.29, 0.717) is 5.82 Å². The lowest BCUT2D eigenvalue weighted by atomic mass is 9.86. The summed E-state index contributed by atoms with van der Waals surface area (Å²) in [7, 11) is 1.91. The van der Waals surface area contributed by atoms with Gasteiger partial charge in [0.05, 0.1) is 11.0 Å². The van der Waals surface area contributed by atoms with Gasteiger partial charge in [0.25, 0.3) is 0 Å². The summed E-state index contributed by atoms with van der Waals surface area (Å²) in [6, 6.07) is 6.03. The van der Waals surface area contributed by atoms with E-state index in [1.165, 1.54) is 11.6 Å². The molecule has 1 N–H and O–H groups in total. The summed E-state index contributed by atoms with van der Waals surface area (Å²) in [4.78, 5) is 15.1. The highest BCUT2D eigenvalue weighted by molar-refractivity contribution is 5.87. The van der Waals surface area contributed by atoms with Crippen molar-refractivity contribution in [2.24, 2.45) is 7.05 Å². The first-order valence-electron chi connectivity index (χ1n) is 6.17. The van der Waals surface area contributed by atoms with Crippen LogP contribution >= 0.6 is 0 Å². The van der Waals surface area contributed by atoms with Gasteiger partial charge in [-0.1, -0.05) is 32.9 Å². The Morgan fingerprint density at radius 1 is 1.37 bits per heavy atom. The molecule has 0 saturated carbocycles. The van der Waals surface area contributed by atoms with Crippen LogP contribution < -0.4 is 0 Å². The number of imidazole rings is 1. The molecule has 19 heavy (non-hydrogen) atoms. The summed E-state index contributed by atoms with van der Waals surface area (Å²) in [6.07, 6.45) is 2.63. The molecule has 0 bridgehead atoms. The average molecular weight is 258 g/mol. The second kappa shape index (κ2) is 4.53. The van der Waals surface area contributed by atoms with E-state index in [1.807, 2.05) is 23.7 Å². The number of fused-ring (bicyclic) bond motifs is 1. The first-order chi connectivity index (χ1) is 8.80. The smallest absolute Gasteiger partial charge is 0.328 e. The Morgan fingerprint density at radius 3 is 2.63 bits per heavy atom. The van der Waals surface area contributed by atoms with Crippen LogP contribution in [0.5, 0.6) is 0 Å². The van der Waals surface area contributed by atoms with Crippen molar-refractivity contribution >= 4 is 23.1 Å². The molecule has 4 nitrogen and oxygen atoms in total. The fourth-order valence-electron chi connectivity index (χ4n) is 2.19. The number of aliphatic carboxylic acids is 1. The fraction of sp³-hybridized carbons (Fsp3) is 0.333. The van der Waals surface area contributed by atoms with Crippen LogP contribution in [0.15, 0.2) is 24.3 Å². The van der Waals surface area contributed by atoms with Crippen molar-refractivity contribution in [2.45, 2.75) is 26.2 Å². The molecule has 0 atom stereocenters. The molecular weight excluding hydrogens is 240 g/mol. The second-order valence-electron chi connectivity index (χ2n) is 5.62. The second-order valence-corrected chi connectivity index (χ2v) is 5.62. The largest absolute Gasteiger partial charge is 0.478 e. The van der Waals surface area contributed by atoms with Gasteiger partial charge >= 0.3 is 5.97 Å². The van der Waals surface area contributed by atoms with E-state index in [1.54, 1.807) is 0 Å². The van der Waals surface area contributed by atoms with E-state index in [2.05, 4.69) is 31.8 Å². The zero-order valence-corrected chi connectivity index (χ0v) is 11.6. The van der Waals surface area contributed by atoms with Crippen molar-refractivity contribution in [3.63, 3.8) is 0 Å². The number of hydrogen-bond acceptors (Lipinski definition) is 2. The molecule has 2 aromatic rings. The lowest BCUT2D eigenvalue weighted by Crippen LogP contribution is -2.13. The minimum absolute atomic E-state index is 0.0150. The number of benzene rings is 1. The molecule has 100 valence electrons. The number of nitrogens with zero attached hydrogens (tertiary/aromatic N) is 2. The lowest BCUT2D eigenvalue weighted by Gasteiger charge is -2.20.